The highest BCUT2D eigenvalue weighted by Gasteiger charge is 2.21. The molecule has 0 unspecified atom stereocenters. The van der Waals surface area contributed by atoms with E-state index < -0.39 is 0 Å². The average molecular weight is 743 g/mol. The van der Waals surface area contributed by atoms with Gasteiger partial charge in [-0.2, -0.15) is 0 Å². The van der Waals surface area contributed by atoms with Crippen LogP contribution in [-0.4, -0.2) is 19.9 Å². The molecule has 58 heavy (non-hydrogen) atoms. The molecule has 0 aliphatic heterocycles. The molecule has 12 aromatic rings. The molecule has 0 saturated heterocycles. The fourth-order valence-corrected chi connectivity index (χ4v) is 8.35. The molecule has 6 nitrogen and oxygen atoms in total. The van der Waals surface area contributed by atoms with Crippen molar-refractivity contribution >= 4 is 65.4 Å². The molecule has 0 N–H and O–H groups in total. The summed E-state index contributed by atoms with van der Waals surface area (Å²) in [6.45, 7) is 0. The highest BCUT2D eigenvalue weighted by Crippen LogP contribution is 2.42. The van der Waals surface area contributed by atoms with Crippen molar-refractivity contribution in [1.82, 2.24) is 19.9 Å². The van der Waals surface area contributed by atoms with Crippen molar-refractivity contribution in [2.45, 2.75) is 0 Å². The molecule has 0 saturated carbocycles. The Morgan fingerprint density at radius 1 is 0.328 bits per heavy atom. The van der Waals surface area contributed by atoms with Crippen LogP contribution in [0.15, 0.2) is 191 Å². The summed E-state index contributed by atoms with van der Waals surface area (Å²) in [6, 6.07) is 62.4. The first-order chi connectivity index (χ1) is 28.7. The number of oxazole rings is 1. The van der Waals surface area contributed by atoms with Gasteiger partial charge in [0, 0.05) is 27.6 Å². The number of fused-ring (bicyclic) bond motifs is 9. The Hall–Kier alpha value is -7.96. The summed E-state index contributed by atoms with van der Waals surface area (Å²) < 4.78 is 13.1. The Bertz CT molecular complexity index is 3570. The van der Waals surface area contributed by atoms with Gasteiger partial charge in [-0.1, -0.05) is 140 Å². The van der Waals surface area contributed by atoms with E-state index in [1.54, 1.807) is 0 Å². The van der Waals surface area contributed by atoms with E-state index in [2.05, 4.69) is 115 Å². The molecule has 270 valence electrons. The van der Waals surface area contributed by atoms with Crippen LogP contribution in [0.3, 0.4) is 0 Å². The molecule has 0 aliphatic carbocycles. The van der Waals surface area contributed by atoms with Gasteiger partial charge in [-0.3, -0.25) is 0 Å². The molecule has 0 fully saturated rings. The van der Waals surface area contributed by atoms with Gasteiger partial charge >= 0.3 is 0 Å². The zero-order valence-electron chi connectivity index (χ0n) is 30.9. The van der Waals surface area contributed by atoms with Crippen LogP contribution in [0.25, 0.3) is 122 Å². The fraction of sp³-hybridized carbons (Fsp3) is 0. The van der Waals surface area contributed by atoms with Crippen LogP contribution in [0.1, 0.15) is 0 Å². The van der Waals surface area contributed by atoms with Crippen LogP contribution in [0.2, 0.25) is 0 Å². The molecule has 0 atom stereocenters. The number of nitrogens with zero attached hydrogens (tertiary/aromatic N) is 4. The maximum atomic E-state index is 6.64. The lowest BCUT2D eigenvalue weighted by Crippen LogP contribution is -2.01. The zero-order chi connectivity index (χ0) is 38.2. The first-order valence-corrected chi connectivity index (χ1v) is 19.3. The monoisotopic (exact) mass is 742 g/mol. The second-order valence-corrected chi connectivity index (χ2v) is 14.6. The van der Waals surface area contributed by atoms with E-state index in [1.165, 1.54) is 5.39 Å². The number of hydrogen-bond acceptors (Lipinski definition) is 6. The van der Waals surface area contributed by atoms with Crippen molar-refractivity contribution in [3.05, 3.63) is 182 Å². The SMILES string of the molecule is c1ccc(-c2nc(-c3ccc4ccc5oc6ccc7nc(-c8ccc9ccccc9c8)oc7c6c5c4c3)nc(-c3ccc(-c4ccccc4)c4ccccc34)n2)cc1. The summed E-state index contributed by atoms with van der Waals surface area (Å²) in [5.41, 5.74) is 8.92. The maximum Gasteiger partial charge on any atom is 0.227 e. The largest absolute Gasteiger partial charge is 0.456 e. The number of rotatable bonds is 5. The number of furan rings is 1. The van der Waals surface area contributed by atoms with E-state index in [1.807, 2.05) is 66.7 Å². The van der Waals surface area contributed by atoms with Crippen molar-refractivity contribution in [3.63, 3.8) is 0 Å². The maximum absolute atomic E-state index is 6.64. The lowest BCUT2D eigenvalue weighted by molar-refractivity contribution is 0.622. The number of benzene rings is 9. The van der Waals surface area contributed by atoms with Crippen LogP contribution in [0, 0.1) is 0 Å². The minimum absolute atomic E-state index is 0.569. The van der Waals surface area contributed by atoms with E-state index in [-0.39, 0.29) is 0 Å². The smallest absolute Gasteiger partial charge is 0.227 e. The van der Waals surface area contributed by atoms with Crippen molar-refractivity contribution in [2.24, 2.45) is 0 Å². The third-order valence-corrected chi connectivity index (χ3v) is 11.1. The van der Waals surface area contributed by atoms with Crippen LogP contribution >= 0.6 is 0 Å². The first-order valence-electron chi connectivity index (χ1n) is 19.3. The molecule has 0 radical (unpaired) electrons. The Kier molecular flexibility index (Phi) is 7.13. The van der Waals surface area contributed by atoms with E-state index in [4.69, 9.17) is 28.8 Å². The standard InChI is InChI=1S/C52H30N4O2/c1-3-12-32(13-4-1)38-24-25-41(40-18-10-9-17-39(38)40)51-55-49(34-14-5-2-6-15-34)54-50(56-51)36-21-20-33-23-27-44-46(42(33)30-36)47-45(57-44)28-26-43-48(47)58-52(53-43)37-22-19-31-11-7-8-16-35(31)29-37/h1-30H. The van der Waals surface area contributed by atoms with Gasteiger partial charge in [0.1, 0.15) is 16.7 Å². The molecule has 12 rings (SSSR count). The second-order valence-electron chi connectivity index (χ2n) is 14.6. The highest BCUT2D eigenvalue weighted by atomic mass is 16.4. The topological polar surface area (TPSA) is 77.8 Å². The van der Waals surface area contributed by atoms with Gasteiger partial charge in [-0.05, 0) is 85.9 Å². The Balaban J connectivity index is 1.06. The van der Waals surface area contributed by atoms with Crippen LogP contribution in [-0.2, 0) is 0 Å². The third kappa shape index (κ3) is 5.20. The molecule has 6 heteroatoms. The summed E-state index contributed by atoms with van der Waals surface area (Å²) in [4.78, 5) is 20.4. The lowest BCUT2D eigenvalue weighted by atomic mass is 9.94. The van der Waals surface area contributed by atoms with Crippen molar-refractivity contribution < 1.29 is 8.83 Å². The Morgan fingerprint density at radius 3 is 1.76 bits per heavy atom. The van der Waals surface area contributed by atoms with E-state index in [0.29, 0.717) is 28.9 Å². The van der Waals surface area contributed by atoms with Gasteiger partial charge in [-0.25, -0.2) is 19.9 Å². The van der Waals surface area contributed by atoms with Crippen molar-refractivity contribution in [1.29, 1.82) is 0 Å². The van der Waals surface area contributed by atoms with E-state index in [9.17, 15) is 0 Å². The molecular formula is C52H30N4O2. The summed E-state index contributed by atoms with van der Waals surface area (Å²) in [7, 11) is 0. The molecule has 0 amide bonds. The summed E-state index contributed by atoms with van der Waals surface area (Å²) >= 11 is 0. The normalized spacial score (nSPS) is 11.8. The van der Waals surface area contributed by atoms with E-state index in [0.717, 1.165) is 87.8 Å². The molecule has 0 aliphatic rings. The minimum atomic E-state index is 0.569. The molecule has 3 aromatic heterocycles. The zero-order valence-corrected chi connectivity index (χ0v) is 30.9. The summed E-state index contributed by atoms with van der Waals surface area (Å²) in [6.07, 6.45) is 0. The van der Waals surface area contributed by atoms with Gasteiger partial charge in [0.15, 0.2) is 23.1 Å². The van der Waals surface area contributed by atoms with Gasteiger partial charge in [-0.15, -0.1) is 0 Å². The summed E-state index contributed by atoms with van der Waals surface area (Å²) in [5.74, 6) is 2.36. The van der Waals surface area contributed by atoms with Gasteiger partial charge in [0.2, 0.25) is 5.89 Å². The van der Waals surface area contributed by atoms with Gasteiger partial charge in [0.25, 0.3) is 0 Å². The van der Waals surface area contributed by atoms with Crippen LogP contribution in [0.5, 0.6) is 0 Å². The minimum Gasteiger partial charge on any atom is -0.456 e. The molecular weight excluding hydrogens is 713 g/mol. The summed E-state index contributed by atoms with van der Waals surface area (Å²) in [5, 5.41) is 8.43. The molecule has 9 aromatic carbocycles. The fourth-order valence-electron chi connectivity index (χ4n) is 8.35. The average Bonchev–Trinajstić information content (AvgIpc) is 3.91. The second kappa shape index (κ2) is 12.8. The van der Waals surface area contributed by atoms with Crippen LogP contribution < -0.4 is 0 Å². The number of aromatic nitrogens is 4. The third-order valence-electron chi connectivity index (χ3n) is 11.1. The van der Waals surface area contributed by atoms with Crippen molar-refractivity contribution in [2.75, 3.05) is 0 Å². The van der Waals surface area contributed by atoms with Crippen LogP contribution in [0.4, 0.5) is 0 Å². The Labute approximate surface area is 331 Å². The van der Waals surface area contributed by atoms with Crippen molar-refractivity contribution in [3.8, 4) is 56.7 Å². The quantitative estimate of drug-likeness (QED) is 0.175. The van der Waals surface area contributed by atoms with Gasteiger partial charge in [0.05, 0.1) is 5.39 Å². The first kappa shape index (κ1) is 32.3. The number of hydrogen-bond donors (Lipinski definition) is 0. The van der Waals surface area contributed by atoms with Gasteiger partial charge < -0.3 is 8.83 Å². The lowest BCUT2D eigenvalue weighted by Gasteiger charge is -2.13. The van der Waals surface area contributed by atoms with E-state index >= 15 is 0 Å². The predicted molar refractivity (Wildman–Crippen MR) is 234 cm³/mol. The molecule has 0 spiro atoms. The highest BCUT2D eigenvalue weighted by molar-refractivity contribution is 6.25. The Morgan fingerprint density at radius 2 is 0.931 bits per heavy atom. The molecule has 0 bridgehead atoms. The predicted octanol–water partition coefficient (Wildman–Crippen LogP) is 13.7. The molecule has 3 heterocycles.